The van der Waals surface area contributed by atoms with Crippen LogP contribution in [-0.2, 0) is 0 Å². The summed E-state index contributed by atoms with van der Waals surface area (Å²) in [7, 11) is 4.21. The van der Waals surface area contributed by atoms with Gasteiger partial charge in [-0.05, 0) is 101 Å². The Morgan fingerprint density at radius 2 is 1.86 bits per heavy atom. The highest BCUT2D eigenvalue weighted by molar-refractivity contribution is 5.93. The van der Waals surface area contributed by atoms with E-state index in [0.29, 0.717) is 24.1 Å². The molecule has 1 aliphatic rings. The van der Waals surface area contributed by atoms with E-state index in [9.17, 15) is 4.79 Å². The van der Waals surface area contributed by atoms with Crippen LogP contribution < -0.4 is 10.1 Å². The van der Waals surface area contributed by atoms with Gasteiger partial charge in [0.05, 0.1) is 12.2 Å². The summed E-state index contributed by atoms with van der Waals surface area (Å²) in [6, 6.07) is 12.3. The van der Waals surface area contributed by atoms with Crippen LogP contribution in [0.3, 0.4) is 0 Å². The van der Waals surface area contributed by atoms with Gasteiger partial charge in [-0.2, -0.15) is 0 Å². The number of hydrogen-bond acceptors (Lipinski definition) is 5. The maximum absolute atomic E-state index is 12.6. The number of unbranched alkanes of at least 4 members (excludes halogenated alkanes) is 1. The number of pyridine rings is 1. The number of carbonyl (C=O) groups is 1. The molecule has 0 bridgehead atoms. The highest BCUT2D eigenvalue weighted by atomic mass is 16.5. The van der Waals surface area contributed by atoms with Crippen molar-refractivity contribution in [2.24, 2.45) is 5.92 Å². The number of likely N-dealkylation sites (tertiary alicyclic amines) is 1. The molecule has 1 N–H and O–H groups in total. The Bertz CT molecular complexity index is 1150. The third-order valence-corrected chi connectivity index (χ3v) is 7.45. The fraction of sp³-hybridized carbons (Fsp3) is 0.467. The minimum Gasteiger partial charge on any atom is -0.493 e. The van der Waals surface area contributed by atoms with Crippen LogP contribution >= 0.6 is 0 Å². The van der Waals surface area contributed by atoms with Crippen LogP contribution in [0.5, 0.6) is 5.75 Å². The van der Waals surface area contributed by atoms with Crippen molar-refractivity contribution in [2.75, 3.05) is 46.9 Å². The van der Waals surface area contributed by atoms with Crippen molar-refractivity contribution in [3.05, 3.63) is 77.2 Å². The molecule has 198 valence electrons. The van der Waals surface area contributed by atoms with E-state index in [1.165, 1.54) is 16.7 Å². The van der Waals surface area contributed by atoms with Gasteiger partial charge in [0.1, 0.15) is 11.6 Å². The number of nitrogens with one attached hydrogen (secondary N) is 1. The van der Waals surface area contributed by atoms with Gasteiger partial charge in [0.2, 0.25) is 0 Å². The Morgan fingerprint density at radius 3 is 2.54 bits per heavy atom. The fourth-order valence-corrected chi connectivity index (χ4v) is 4.89. The molecular weight excluding hydrogens is 462 g/mol. The Kier molecular flexibility index (Phi) is 9.00. The molecule has 1 aromatic carbocycles. The lowest BCUT2D eigenvalue weighted by molar-refractivity contribution is 0.0569. The van der Waals surface area contributed by atoms with E-state index in [1.54, 1.807) is 6.20 Å². The van der Waals surface area contributed by atoms with Crippen LogP contribution in [0.15, 0.2) is 55.0 Å². The van der Waals surface area contributed by atoms with Crippen LogP contribution in [0.2, 0.25) is 0 Å². The Morgan fingerprint density at radius 1 is 1.11 bits per heavy atom. The molecule has 1 saturated heterocycles. The Hall–Kier alpha value is -3.16. The van der Waals surface area contributed by atoms with Crippen LogP contribution in [0.4, 0.5) is 0 Å². The maximum atomic E-state index is 12.6. The molecular formula is C30H41N5O2. The minimum absolute atomic E-state index is 0.0678. The van der Waals surface area contributed by atoms with Crippen LogP contribution in [-0.4, -0.2) is 72.1 Å². The van der Waals surface area contributed by atoms with E-state index in [-0.39, 0.29) is 5.91 Å². The minimum atomic E-state index is -0.0678. The summed E-state index contributed by atoms with van der Waals surface area (Å²) in [5.74, 6) is 2.19. The number of hydrogen-bond donors (Lipinski definition) is 1. The normalized spacial score (nSPS) is 15.0. The van der Waals surface area contributed by atoms with E-state index in [0.717, 1.165) is 50.7 Å². The summed E-state index contributed by atoms with van der Waals surface area (Å²) in [5, 5.41) is 3.09. The van der Waals surface area contributed by atoms with Gasteiger partial charge in [-0.25, -0.2) is 4.98 Å². The van der Waals surface area contributed by atoms with Crippen molar-refractivity contribution < 1.29 is 9.53 Å². The molecule has 7 nitrogen and oxygen atoms in total. The van der Waals surface area contributed by atoms with E-state index < -0.39 is 0 Å². The first-order chi connectivity index (χ1) is 17.8. The second kappa shape index (κ2) is 12.4. The molecule has 1 fully saturated rings. The topological polar surface area (TPSA) is 62.6 Å². The second-order valence-corrected chi connectivity index (χ2v) is 10.5. The van der Waals surface area contributed by atoms with Crippen LogP contribution in [0, 0.1) is 19.8 Å². The third kappa shape index (κ3) is 6.79. The van der Waals surface area contributed by atoms with Crippen molar-refractivity contribution in [1.29, 1.82) is 0 Å². The standard InChI is InChI=1S/C30H41N5O2/c1-22-23(2)28(37-17-9-8-14-33(4)5)12-11-27(22)24(3)35-20-25(21-35)18-32-30(36)26-10-13-29(31-19-26)34-15-6-7-16-34/h6-7,10-13,15-16,19,24-25H,8-9,14,17-18,20-21H2,1-5H3,(H,32,36). The van der Waals surface area contributed by atoms with Gasteiger partial charge in [-0.1, -0.05) is 6.07 Å². The molecule has 37 heavy (non-hydrogen) atoms. The van der Waals surface area contributed by atoms with Crippen molar-refractivity contribution in [3.63, 3.8) is 0 Å². The average molecular weight is 504 g/mol. The van der Waals surface area contributed by atoms with Gasteiger partial charge in [0.15, 0.2) is 0 Å². The summed E-state index contributed by atoms with van der Waals surface area (Å²) < 4.78 is 8.01. The number of benzene rings is 1. The lowest BCUT2D eigenvalue weighted by atomic mass is 9.91. The van der Waals surface area contributed by atoms with Gasteiger partial charge >= 0.3 is 0 Å². The molecule has 0 radical (unpaired) electrons. The fourth-order valence-electron chi connectivity index (χ4n) is 4.89. The zero-order valence-electron chi connectivity index (χ0n) is 22.9. The van der Waals surface area contributed by atoms with E-state index in [2.05, 4.69) is 67.1 Å². The maximum Gasteiger partial charge on any atom is 0.252 e. The number of amides is 1. The van der Waals surface area contributed by atoms with Crippen LogP contribution in [0.1, 0.15) is 52.9 Å². The first-order valence-electron chi connectivity index (χ1n) is 13.3. The van der Waals surface area contributed by atoms with E-state index in [1.807, 2.05) is 41.2 Å². The SMILES string of the molecule is Cc1c(OCCCCN(C)C)ccc(C(C)N2CC(CNC(=O)c3ccc(-n4cccc4)nc3)C2)c1C. The smallest absolute Gasteiger partial charge is 0.252 e. The van der Waals surface area contributed by atoms with Crippen molar-refractivity contribution in [1.82, 2.24) is 24.7 Å². The second-order valence-electron chi connectivity index (χ2n) is 10.5. The highest BCUT2D eigenvalue weighted by Gasteiger charge is 2.32. The molecule has 3 aromatic rings. The zero-order valence-corrected chi connectivity index (χ0v) is 22.9. The number of rotatable bonds is 12. The summed E-state index contributed by atoms with van der Waals surface area (Å²) >= 11 is 0. The monoisotopic (exact) mass is 503 g/mol. The van der Waals surface area contributed by atoms with Gasteiger partial charge in [0, 0.05) is 50.2 Å². The summed E-state index contributed by atoms with van der Waals surface area (Å²) in [6.07, 6.45) is 7.72. The van der Waals surface area contributed by atoms with E-state index >= 15 is 0 Å². The Balaban J connectivity index is 1.22. The number of aromatic nitrogens is 2. The van der Waals surface area contributed by atoms with Crippen molar-refractivity contribution >= 4 is 5.91 Å². The molecule has 1 amide bonds. The molecule has 7 heteroatoms. The largest absolute Gasteiger partial charge is 0.493 e. The number of ether oxygens (including phenoxy) is 1. The molecule has 4 rings (SSSR count). The quantitative estimate of drug-likeness (QED) is 0.365. The summed E-state index contributed by atoms with van der Waals surface area (Å²) in [6.45, 7) is 11.1. The number of nitrogens with zero attached hydrogens (tertiary/aromatic N) is 4. The molecule has 1 unspecified atom stereocenters. The highest BCUT2D eigenvalue weighted by Crippen LogP contribution is 2.34. The zero-order chi connectivity index (χ0) is 26.4. The lowest BCUT2D eigenvalue weighted by Gasteiger charge is -2.44. The predicted molar refractivity (Wildman–Crippen MR) is 149 cm³/mol. The molecule has 0 aliphatic carbocycles. The van der Waals surface area contributed by atoms with Crippen molar-refractivity contribution in [3.8, 4) is 11.6 Å². The van der Waals surface area contributed by atoms with E-state index in [4.69, 9.17) is 4.74 Å². The Labute approximate surface area is 221 Å². The lowest BCUT2D eigenvalue weighted by Crippen LogP contribution is -2.52. The third-order valence-electron chi connectivity index (χ3n) is 7.45. The van der Waals surface area contributed by atoms with Crippen molar-refractivity contribution in [2.45, 2.75) is 39.7 Å². The summed E-state index contributed by atoms with van der Waals surface area (Å²) in [4.78, 5) is 21.7. The number of carbonyl (C=O) groups excluding carboxylic acids is 1. The van der Waals surface area contributed by atoms with Crippen LogP contribution in [0.25, 0.3) is 5.82 Å². The molecule has 1 aliphatic heterocycles. The molecule has 3 heterocycles. The first kappa shape index (κ1) is 26.9. The molecule has 0 saturated carbocycles. The molecule has 0 spiro atoms. The predicted octanol–water partition coefficient (Wildman–Crippen LogP) is 4.63. The molecule has 1 atom stereocenters. The van der Waals surface area contributed by atoms with Gasteiger partial charge < -0.3 is 19.5 Å². The first-order valence-corrected chi connectivity index (χ1v) is 13.3. The van der Waals surface area contributed by atoms with Gasteiger partial charge in [-0.15, -0.1) is 0 Å². The average Bonchev–Trinajstić information content (AvgIpc) is 3.40. The summed E-state index contributed by atoms with van der Waals surface area (Å²) in [5.41, 5.74) is 4.49. The van der Waals surface area contributed by atoms with Gasteiger partial charge in [0.25, 0.3) is 5.91 Å². The van der Waals surface area contributed by atoms with Gasteiger partial charge in [-0.3, -0.25) is 9.69 Å². The molecule has 2 aromatic heterocycles.